The first kappa shape index (κ1) is 19.8. The van der Waals surface area contributed by atoms with Gasteiger partial charge in [-0.15, -0.1) is 0 Å². The number of nitrogens with zero attached hydrogens (tertiary/aromatic N) is 3. The fourth-order valence-corrected chi connectivity index (χ4v) is 3.68. The molecule has 3 rings (SSSR count). The molecule has 0 N–H and O–H groups in total. The lowest BCUT2D eigenvalue weighted by atomic mass is 10.0. The molecular weight excluding hydrogens is 410 g/mol. The fraction of sp³-hybridized carbons (Fsp3) is 0.450. The molecule has 0 bridgehead atoms. The number of aryl methyl sites for hydroxylation is 3. The minimum atomic E-state index is -0.325. The minimum Gasteiger partial charge on any atom is -0.465 e. The number of benzene rings is 1. The van der Waals surface area contributed by atoms with Gasteiger partial charge >= 0.3 is 5.97 Å². The van der Waals surface area contributed by atoms with Gasteiger partial charge in [-0.05, 0) is 49.9 Å². The Kier molecular flexibility index (Phi) is 6.79. The smallest absolute Gasteiger partial charge is 0.337 e. The van der Waals surface area contributed by atoms with E-state index in [0.717, 1.165) is 67.4 Å². The molecule has 1 aliphatic rings. The Balaban J connectivity index is 1.62. The molecule has 7 heteroatoms. The Hall–Kier alpha value is -1.99. The molecule has 6 nitrogen and oxygen atoms in total. The third-order valence-corrected chi connectivity index (χ3v) is 5.28. The number of halogens is 1. The monoisotopic (exact) mass is 433 g/mol. The Bertz CT molecular complexity index is 807. The number of aromatic nitrogens is 2. The molecule has 0 atom stereocenters. The van der Waals surface area contributed by atoms with E-state index >= 15 is 0 Å². The lowest BCUT2D eigenvalue weighted by molar-refractivity contribution is 0.0600. The van der Waals surface area contributed by atoms with E-state index in [4.69, 9.17) is 14.5 Å². The Morgan fingerprint density at radius 2 is 2.00 bits per heavy atom. The summed E-state index contributed by atoms with van der Waals surface area (Å²) in [6, 6.07) is 7.64. The average Bonchev–Trinajstić information content (AvgIpc) is 2.69. The van der Waals surface area contributed by atoms with Crippen molar-refractivity contribution in [3.63, 3.8) is 0 Å². The van der Waals surface area contributed by atoms with E-state index in [2.05, 4.69) is 31.9 Å². The molecule has 1 aliphatic heterocycles. The molecular formula is C20H24BrN3O3. The Morgan fingerprint density at radius 3 is 2.70 bits per heavy atom. The topological polar surface area (TPSA) is 64.5 Å². The van der Waals surface area contributed by atoms with Crippen LogP contribution < -0.4 is 4.90 Å². The van der Waals surface area contributed by atoms with Crippen LogP contribution in [0.25, 0.3) is 0 Å². The van der Waals surface area contributed by atoms with Crippen molar-refractivity contribution >= 4 is 27.8 Å². The van der Waals surface area contributed by atoms with Crippen LogP contribution in [-0.2, 0) is 22.3 Å². The van der Waals surface area contributed by atoms with Crippen LogP contribution >= 0.6 is 15.9 Å². The fourth-order valence-electron chi connectivity index (χ4n) is 3.10. The maximum atomic E-state index is 11.6. The van der Waals surface area contributed by atoms with Crippen molar-refractivity contribution in [1.29, 1.82) is 0 Å². The first-order valence-corrected chi connectivity index (χ1v) is 9.90. The molecule has 0 amide bonds. The molecule has 1 fully saturated rings. The maximum absolute atomic E-state index is 11.6. The molecule has 2 heterocycles. The van der Waals surface area contributed by atoms with Crippen LogP contribution in [0.1, 0.15) is 33.7 Å². The summed E-state index contributed by atoms with van der Waals surface area (Å²) in [5.41, 5.74) is 3.77. The van der Waals surface area contributed by atoms with Gasteiger partial charge in [0.05, 0.1) is 25.9 Å². The highest BCUT2D eigenvalue weighted by molar-refractivity contribution is 9.10. The Morgan fingerprint density at radius 1 is 1.22 bits per heavy atom. The normalized spacial score (nSPS) is 14.3. The zero-order chi connectivity index (χ0) is 19.2. The molecule has 1 aromatic heterocycles. The van der Waals surface area contributed by atoms with E-state index in [1.165, 1.54) is 12.7 Å². The number of methoxy groups -OCH3 is 1. The van der Waals surface area contributed by atoms with Crippen molar-refractivity contribution in [1.82, 2.24) is 9.97 Å². The van der Waals surface area contributed by atoms with Crippen LogP contribution in [0.3, 0.4) is 0 Å². The minimum absolute atomic E-state index is 0.325. The van der Waals surface area contributed by atoms with E-state index in [1.807, 2.05) is 19.1 Å². The van der Waals surface area contributed by atoms with Gasteiger partial charge in [0.25, 0.3) is 0 Å². The predicted octanol–water partition coefficient (Wildman–Crippen LogP) is 3.35. The molecule has 0 radical (unpaired) electrons. The van der Waals surface area contributed by atoms with Gasteiger partial charge in [0.15, 0.2) is 0 Å². The largest absolute Gasteiger partial charge is 0.465 e. The average molecular weight is 434 g/mol. The second-order valence-corrected chi connectivity index (χ2v) is 7.41. The van der Waals surface area contributed by atoms with Crippen molar-refractivity contribution in [2.45, 2.75) is 26.2 Å². The summed E-state index contributed by atoms with van der Waals surface area (Å²) < 4.78 is 11.1. The van der Waals surface area contributed by atoms with Gasteiger partial charge in [0.2, 0.25) is 5.95 Å². The van der Waals surface area contributed by atoms with E-state index in [0.29, 0.717) is 5.56 Å². The summed E-state index contributed by atoms with van der Waals surface area (Å²) in [5.74, 6) is 0.478. The van der Waals surface area contributed by atoms with Crippen LogP contribution in [0, 0.1) is 6.92 Å². The molecule has 27 heavy (non-hydrogen) atoms. The first-order valence-electron chi connectivity index (χ1n) is 9.11. The molecule has 144 valence electrons. The van der Waals surface area contributed by atoms with Crippen LogP contribution in [0.4, 0.5) is 5.95 Å². The van der Waals surface area contributed by atoms with E-state index in [-0.39, 0.29) is 5.97 Å². The number of carbonyl (C=O) groups excluding carboxylic acids is 1. The third-order valence-electron chi connectivity index (χ3n) is 4.54. The van der Waals surface area contributed by atoms with Crippen molar-refractivity contribution in [2.75, 3.05) is 38.3 Å². The van der Waals surface area contributed by atoms with Gasteiger partial charge < -0.3 is 14.4 Å². The van der Waals surface area contributed by atoms with E-state index < -0.39 is 0 Å². The predicted molar refractivity (Wildman–Crippen MR) is 107 cm³/mol. The van der Waals surface area contributed by atoms with Crippen molar-refractivity contribution < 1.29 is 14.3 Å². The summed E-state index contributed by atoms with van der Waals surface area (Å²) in [4.78, 5) is 23.1. The van der Waals surface area contributed by atoms with E-state index in [1.54, 1.807) is 6.07 Å². The highest BCUT2D eigenvalue weighted by Gasteiger charge is 2.15. The SMILES string of the molecule is COC(=O)c1ccc(CCCc2cc(C)nc(N3CCOCC3)n2)c(Br)c1. The van der Waals surface area contributed by atoms with Gasteiger partial charge in [0, 0.05) is 29.0 Å². The third kappa shape index (κ3) is 5.26. The number of ether oxygens (including phenoxy) is 2. The molecule has 0 unspecified atom stereocenters. The summed E-state index contributed by atoms with van der Waals surface area (Å²) in [5, 5.41) is 0. The summed E-state index contributed by atoms with van der Waals surface area (Å²) in [6.07, 6.45) is 2.75. The molecule has 1 saturated heterocycles. The standard InChI is InChI=1S/C20H24BrN3O3/c1-14-12-17(23-20(22-14)24-8-10-27-11-9-24)5-3-4-15-6-7-16(13-18(15)21)19(25)26-2/h6-7,12-13H,3-5,8-11H2,1-2H3. The summed E-state index contributed by atoms with van der Waals surface area (Å²) in [7, 11) is 1.39. The number of hydrogen-bond donors (Lipinski definition) is 0. The van der Waals surface area contributed by atoms with Gasteiger partial charge in [-0.25, -0.2) is 14.8 Å². The lowest BCUT2D eigenvalue weighted by Gasteiger charge is -2.27. The van der Waals surface area contributed by atoms with Crippen molar-refractivity contribution in [3.05, 3.63) is 51.3 Å². The second-order valence-electron chi connectivity index (χ2n) is 6.55. The van der Waals surface area contributed by atoms with Gasteiger partial charge in [0.1, 0.15) is 0 Å². The van der Waals surface area contributed by atoms with E-state index in [9.17, 15) is 4.79 Å². The van der Waals surface area contributed by atoms with Gasteiger partial charge in [-0.3, -0.25) is 0 Å². The van der Waals surface area contributed by atoms with Crippen LogP contribution in [-0.4, -0.2) is 49.4 Å². The maximum Gasteiger partial charge on any atom is 0.337 e. The van der Waals surface area contributed by atoms with Crippen LogP contribution in [0.5, 0.6) is 0 Å². The Labute approximate surface area is 168 Å². The zero-order valence-electron chi connectivity index (χ0n) is 15.7. The first-order chi connectivity index (χ1) is 13.1. The molecule has 1 aromatic carbocycles. The number of hydrogen-bond acceptors (Lipinski definition) is 6. The molecule has 0 saturated carbocycles. The summed E-state index contributed by atoms with van der Waals surface area (Å²) >= 11 is 3.55. The van der Waals surface area contributed by atoms with Gasteiger partial charge in [-0.1, -0.05) is 22.0 Å². The van der Waals surface area contributed by atoms with Crippen molar-refractivity contribution in [2.24, 2.45) is 0 Å². The number of carbonyl (C=O) groups is 1. The molecule has 0 spiro atoms. The van der Waals surface area contributed by atoms with Gasteiger partial charge in [-0.2, -0.15) is 0 Å². The lowest BCUT2D eigenvalue weighted by Crippen LogP contribution is -2.37. The second kappa shape index (κ2) is 9.28. The number of anilines is 1. The highest BCUT2D eigenvalue weighted by atomic mass is 79.9. The number of morpholine rings is 1. The quantitative estimate of drug-likeness (QED) is 0.650. The number of esters is 1. The molecule has 2 aromatic rings. The highest BCUT2D eigenvalue weighted by Crippen LogP contribution is 2.21. The zero-order valence-corrected chi connectivity index (χ0v) is 17.3. The number of rotatable bonds is 6. The summed E-state index contributed by atoms with van der Waals surface area (Å²) in [6.45, 7) is 5.13. The molecule has 0 aliphatic carbocycles. The van der Waals surface area contributed by atoms with Crippen molar-refractivity contribution in [3.8, 4) is 0 Å². The van der Waals surface area contributed by atoms with Crippen LogP contribution in [0.15, 0.2) is 28.7 Å². The van der Waals surface area contributed by atoms with Crippen LogP contribution in [0.2, 0.25) is 0 Å².